The molecule has 3 aromatic rings. The van der Waals surface area contributed by atoms with Gasteiger partial charge in [0.25, 0.3) is 5.91 Å². The number of carbonyl (C=O) groups excluding carboxylic acids is 1. The van der Waals surface area contributed by atoms with Gasteiger partial charge in [0.2, 0.25) is 0 Å². The predicted octanol–water partition coefficient (Wildman–Crippen LogP) is 3.66. The largest absolute Gasteiger partial charge is 0.490 e. The van der Waals surface area contributed by atoms with E-state index in [0.717, 1.165) is 18.4 Å². The molecule has 3 heterocycles. The average Bonchev–Trinajstić information content (AvgIpc) is 2.94. The molecular formula is C23H23N3O5. The van der Waals surface area contributed by atoms with Gasteiger partial charge < -0.3 is 24.3 Å². The van der Waals surface area contributed by atoms with E-state index in [0.29, 0.717) is 66.4 Å². The number of aromatic nitrogens is 2. The van der Waals surface area contributed by atoms with Gasteiger partial charge in [-0.05, 0) is 30.3 Å². The Morgan fingerprint density at radius 2 is 1.48 bits per heavy atom. The van der Waals surface area contributed by atoms with E-state index in [1.807, 2.05) is 24.3 Å². The fourth-order valence-electron chi connectivity index (χ4n) is 3.62. The zero-order chi connectivity index (χ0) is 21.2. The molecule has 2 aromatic carbocycles. The van der Waals surface area contributed by atoms with Crippen molar-refractivity contribution in [3.05, 3.63) is 48.2 Å². The van der Waals surface area contributed by atoms with Gasteiger partial charge in [-0.1, -0.05) is 0 Å². The third-order valence-electron chi connectivity index (χ3n) is 5.10. The Balaban J connectivity index is 1.42. The van der Waals surface area contributed by atoms with Crippen LogP contribution in [0.4, 0.5) is 5.69 Å². The number of hydrogen-bond donors (Lipinski definition) is 1. The molecule has 0 saturated heterocycles. The highest BCUT2D eigenvalue weighted by molar-refractivity contribution is 6.08. The molecule has 0 radical (unpaired) electrons. The fourth-order valence-corrected chi connectivity index (χ4v) is 3.62. The molecule has 1 N–H and O–H groups in total. The van der Waals surface area contributed by atoms with E-state index in [9.17, 15) is 4.79 Å². The van der Waals surface area contributed by atoms with Gasteiger partial charge in [-0.3, -0.25) is 9.48 Å². The summed E-state index contributed by atoms with van der Waals surface area (Å²) < 4.78 is 24.5. The third kappa shape index (κ3) is 4.01. The molecule has 0 atom stereocenters. The van der Waals surface area contributed by atoms with Crippen LogP contribution in [-0.4, -0.2) is 42.1 Å². The molecule has 1 aromatic heterocycles. The first-order valence-electron chi connectivity index (χ1n) is 10.3. The standard InChI is InChI=1S/C23H23N3O5/c1-26-14-17(22(25-26)15-4-6-18-20(12-15)30-10-2-8-28-18)23(27)24-16-5-7-19-21(13-16)31-11-3-9-29-19/h4-7,12-14H,2-3,8-11H2,1H3,(H,24,27). The van der Waals surface area contributed by atoms with Crippen LogP contribution < -0.4 is 24.3 Å². The number of rotatable bonds is 3. The van der Waals surface area contributed by atoms with Crippen LogP contribution in [0.2, 0.25) is 0 Å². The van der Waals surface area contributed by atoms with Gasteiger partial charge in [0, 0.05) is 43.4 Å². The molecule has 8 heteroatoms. The number of carbonyl (C=O) groups is 1. The van der Waals surface area contributed by atoms with Crippen molar-refractivity contribution in [1.82, 2.24) is 9.78 Å². The van der Waals surface area contributed by atoms with Gasteiger partial charge in [0.1, 0.15) is 5.69 Å². The van der Waals surface area contributed by atoms with Crippen LogP contribution in [0.5, 0.6) is 23.0 Å². The van der Waals surface area contributed by atoms with Crippen molar-refractivity contribution in [3.8, 4) is 34.3 Å². The lowest BCUT2D eigenvalue weighted by molar-refractivity contribution is 0.102. The summed E-state index contributed by atoms with van der Waals surface area (Å²) in [4.78, 5) is 13.1. The predicted molar refractivity (Wildman–Crippen MR) is 114 cm³/mol. The minimum Gasteiger partial charge on any atom is -0.490 e. The maximum absolute atomic E-state index is 13.1. The van der Waals surface area contributed by atoms with Crippen molar-refractivity contribution in [2.45, 2.75) is 12.8 Å². The molecule has 160 valence electrons. The Morgan fingerprint density at radius 3 is 2.19 bits per heavy atom. The Hall–Kier alpha value is -3.68. The molecule has 1 amide bonds. The van der Waals surface area contributed by atoms with E-state index in [1.54, 1.807) is 30.1 Å². The first-order chi connectivity index (χ1) is 15.2. The number of fused-ring (bicyclic) bond motifs is 2. The maximum Gasteiger partial charge on any atom is 0.259 e. The molecule has 5 rings (SSSR count). The van der Waals surface area contributed by atoms with E-state index >= 15 is 0 Å². The number of benzene rings is 2. The van der Waals surface area contributed by atoms with Gasteiger partial charge in [-0.25, -0.2) is 0 Å². The first kappa shape index (κ1) is 19.3. The van der Waals surface area contributed by atoms with Crippen LogP contribution in [-0.2, 0) is 7.05 Å². The Kier molecular flexibility index (Phi) is 5.11. The number of ether oxygens (including phenoxy) is 4. The summed E-state index contributed by atoms with van der Waals surface area (Å²) in [6.45, 7) is 2.42. The van der Waals surface area contributed by atoms with Gasteiger partial charge >= 0.3 is 0 Å². The highest BCUT2D eigenvalue weighted by Crippen LogP contribution is 2.36. The van der Waals surface area contributed by atoms with E-state index in [1.165, 1.54) is 0 Å². The van der Waals surface area contributed by atoms with Crippen molar-refractivity contribution >= 4 is 11.6 Å². The summed E-state index contributed by atoms with van der Waals surface area (Å²) in [6, 6.07) is 11.0. The quantitative estimate of drug-likeness (QED) is 0.695. The smallest absolute Gasteiger partial charge is 0.259 e. The topological polar surface area (TPSA) is 83.8 Å². The molecule has 0 unspecified atom stereocenters. The van der Waals surface area contributed by atoms with Crippen LogP contribution in [0.3, 0.4) is 0 Å². The molecule has 2 aliphatic rings. The molecule has 31 heavy (non-hydrogen) atoms. The SMILES string of the molecule is Cn1cc(C(=O)Nc2ccc3c(c2)OCCCO3)c(-c2ccc3c(c2)OCCCO3)n1. The van der Waals surface area contributed by atoms with Gasteiger partial charge in [0.15, 0.2) is 23.0 Å². The van der Waals surface area contributed by atoms with Crippen LogP contribution in [0.1, 0.15) is 23.2 Å². The van der Waals surface area contributed by atoms with Gasteiger partial charge in [-0.2, -0.15) is 5.10 Å². The first-order valence-corrected chi connectivity index (χ1v) is 10.3. The number of nitrogens with one attached hydrogen (secondary N) is 1. The van der Waals surface area contributed by atoms with E-state index in [2.05, 4.69) is 10.4 Å². The zero-order valence-electron chi connectivity index (χ0n) is 17.2. The van der Waals surface area contributed by atoms with Crippen molar-refractivity contribution in [2.75, 3.05) is 31.7 Å². The molecule has 0 fully saturated rings. The number of amides is 1. The number of nitrogens with zero attached hydrogens (tertiary/aromatic N) is 2. The van der Waals surface area contributed by atoms with Crippen LogP contribution in [0.25, 0.3) is 11.3 Å². The Bertz CT molecular complexity index is 1120. The second-order valence-corrected chi connectivity index (χ2v) is 7.44. The van der Waals surface area contributed by atoms with E-state index in [-0.39, 0.29) is 5.91 Å². The molecule has 8 nitrogen and oxygen atoms in total. The fraction of sp³-hybridized carbons (Fsp3) is 0.304. The van der Waals surface area contributed by atoms with Crippen LogP contribution >= 0.6 is 0 Å². The maximum atomic E-state index is 13.1. The van der Waals surface area contributed by atoms with Crippen molar-refractivity contribution in [3.63, 3.8) is 0 Å². The monoisotopic (exact) mass is 421 g/mol. The number of anilines is 1. The minimum absolute atomic E-state index is 0.260. The summed E-state index contributed by atoms with van der Waals surface area (Å²) in [5.41, 5.74) is 2.45. The molecule has 2 aliphatic heterocycles. The van der Waals surface area contributed by atoms with Crippen LogP contribution in [0.15, 0.2) is 42.6 Å². The summed E-state index contributed by atoms with van der Waals surface area (Å²) in [5, 5.41) is 7.45. The van der Waals surface area contributed by atoms with Crippen LogP contribution in [0, 0.1) is 0 Å². The van der Waals surface area contributed by atoms with Crippen molar-refractivity contribution in [2.24, 2.45) is 7.05 Å². The lowest BCUT2D eigenvalue weighted by atomic mass is 10.1. The Morgan fingerprint density at radius 1 is 0.871 bits per heavy atom. The van der Waals surface area contributed by atoms with Crippen molar-refractivity contribution in [1.29, 1.82) is 0 Å². The number of hydrogen-bond acceptors (Lipinski definition) is 6. The Labute approximate surface area is 179 Å². The van der Waals surface area contributed by atoms with Gasteiger partial charge in [0.05, 0.1) is 32.0 Å². The zero-order valence-corrected chi connectivity index (χ0v) is 17.2. The molecule has 0 bridgehead atoms. The van der Waals surface area contributed by atoms with Crippen molar-refractivity contribution < 1.29 is 23.7 Å². The highest BCUT2D eigenvalue weighted by atomic mass is 16.5. The minimum atomic E-state index is -0.260. The molecule has 0 spiro atoms. The normalized spacial score (nSPS) is 15.0. The average molecular weight is 421 g/mol. The lowest BCUT2D eigenvalue weighted by Crippen LogP contribution is -2.12. The lowest BCUT2D eigenvalue weighted by Gasteiger charge is -2.11. The van der Waals surface area contributed by atoms with Gasteiger partial charge in [-0.15, -0.1) is 0 Å². The molecule has 0 saturated carbocycles. The second kappa shape index (κ2) is 8.22. The summed E-state index contributed by atoms with van der Waals surface area (Å²) in [6.07, 6.45) is 3.36. The third-order valence-corrected chi connectivity index (χ3v) is 5.10. The van der Waals surface area contributed by atoms with E-state index in [4.69, 9.17) is 18.9 Å². The van der Waals surface area contributed by atoms with E-state index < -0.39 is 0 Å². The second-order valence-electron chi connectivity index (χ2n) is 7.44. The molecular weight excluding hydrogens is 398 g/mol. The summed E-state index contributed by atoms with van der Waals surface area (Å²) in [5.74, 6) is 2.42. The summed E-state index contributed by atoms with van der Waals surface area (Å²) >= 11 is 0. The number of aryl methyl sites for hydroxylation is 1. The highest BCUT2D eigenvalue weighted by Gasteiger charge is 2.20. The molecule has 0 aliphatic carbocycles. The summed E-state index contributed by atoms with van der Waals surface area (Å²) in [7, 11) is 1.79.